The molecule has 2 aromatic rings. The van der Waals surface area contributed by atoms with Gasteiger partial charge in [0.25, 0.3) is 0 Å². The summed E-state index contributed by atoms with van der Waals surface area (Å²) in [4.78, 5) is 59.8. The SMILES string of the molecule is C=C(CC(=O)OC)C(=O)Oc1ccc(/C=C/C(=O)Oc2ccc(OC(=O)C(=C)CC(=O)OC3CCCCC3)cc2)c(F)c1. The van der Waals surface area contributed by atoms with Gasteiger partial charge in [-0.15, -0.1) is 0 Å². The lowest BCUT2D eigenvalue weighted by Gasteiger charge is -2.21. The van der Waals surface area contributed by atoms with Crippen molar-refractivity contribution in [3.8, 4) is 17.2 Å². The predicted molar refractivity (Wildman–Crippen MR) is 151 cm³/mol. The Kier molecular flexibility index (Phi) is 11.9. The maximum atomic E-state index is 14.5. The molecular formula is C32H31FO10. The van der Waals surface area contributed by atoms with E-state index >= 15 is 0 Å². The zero-order valence-corrected chi connectivity index (χ0v) is 23.6. The first-order valence-corrected chi connectivity index (χ1v) is 13.4. The fourth-order valence-corrected chi connectivity index (χ4v) is 3.92. The third-order valence-electron chi connectivity index (χ3n) is 6.20. The van der Waals surface area contributed by atoms with Crippen LogP contribution in [0.4, 0.5) is 4.39 Å². The smallest absolute Gasteiger partial charge is 0.339 e. The van der Waals surface area contributed by atoms with Crippen LogP contribution >= 0.6 is 0 Å². The molecule has 0 amide bonds. The zero-order valence-electron chi connectivity index (χ0n) is 23.6. The summed E-state index contributed by atoms with van der Waals surface area (Å²) in [7, 11) is 1.16. The van der Waals surface area contributed by atoms with Crippen LogP contribution < -0.4 is 14.2 Å². The molecule has 0 radical (unpaired) electrons. The standard InChI is InChI=1S/C32H31FO10/c1-20(17-29(35)39-3)32(38)43-26-11-9-22(27(33)19-26)10-16-28(34)40-24-12-14-25(15-13-24)42-31(37)21(2)18-30(36)41-23-7-5-4-6-8-23/h9-16,19,23H,1-2,4-8,17-18H2,3H3/b16-10+. The second-order valence-electron chi connectivity index (χ2n) is 9.57. The van der Waals surface area contributed by atoms with Crippen molar-refractivity contribution in [2.24, 2.45) is 0 Å². The Morgan fingerprint density at radius 2 is 1.33 bits per heavy atom. The van der Waals surface area contributed by atoms with Crippen LogP contribution in [0.2, 0.25) is 0 Å². The van der Waals surface area contributed by atoms with Gasteiger partial charge in [0.1, 0.15) is 29.2 Å². The molecule has 226 valence electrons. The van der Waals surface area contributed by atoms with Crippen LogP contribution in [-0.4, -0.2) is 43.1 Å². The highest BCUT2D eigenvalue weighted by atomic mass is 19.1. The van der Waals surface area contributed by atoms with Gasteiger partial charge in [-0.25, -0.2) is 18.8 Å². The van der Waals surface area contributed by atoms with Gasteiger partial charge >= 0.3 is 29.8 Å². The van der Waals surface area contributed by atoms with Gasteiger partial charge in [0.05, 0.1) is 20.0 Å². The van der Waals surface area contributed by atoms with E-state index in [1.165, 1.54) is 42.5 Å². The Balaban J connectivity index is 1.46. The lowest BCUT2D eigenvalue weighted by molar-refractivity contribution is -0.150. The van der Waals surface area contributed by atoms with Gasteiger partial charge in [-0.1, -0.05) is 19.6 Å². The number of rotatable bonds is 12. The summed E-state index contributed by atoms with van der Waals surface area (Å²) < 4.78 is 39.7. The van der Waals surface area contributed by atoms with E-state index in [1.54, 1.807) is 0 Å². The summed E-state index contributed by atoms with van der Waals surface area (Å²) in [5.74, 6) is -4.38. The van der Waals surface area contributed by atoms with Crippen LogP contribution in [0.1, 0.15) is 50.5 Å². The summed E-state index contributed by atoms with van der Waals surface area (Å²) in [5, 5.41) is 0. The van der Waals surface area contributed by atoms with Gasteiger partial charge in [0.2, 0.25) is 0 Å². The fourth-order valence-electron chi connectivity index (χ4n) is 3.92. The number of carbonyl (C=O) groups is 5. The van der Waals surface area contributed by atoms with E-state index in [1.807, 2.05) is 0 Å². The predicted octanol–water partition coefficient (Wildman–Crippen LogP) is 5.20. The molecule has 0 unspecified atom stereocenters. The number of hydrogen-bond donors (Lipinski definition) is 0. The molecular weight excluding hydrogens is 563 g/mol. The molecule has 3 rings (SSSR count). The average Bonchev–Trinajstić information content (AvgIpc) is 2.98. The Morgan fingerprint density at radius 3 is 1.91 bits per heavy atom. The van der Waals surface area contributed by atoms with Gasteiger partial charge in [-0.3, -0.25) is 9.59 Å². The lowest BCUT2D eigenvalue weighted by atomic mass is 9.98. The van der Waals surface area contributed by atoms with Crippen molar-refractivity contribution in [2.45, 2.75) is 51.0 Å². The highest BCUT2D eigenvalue weighted by molar-refractivity contribution is 5.95. The molecule has 0 N–H and O–H groups in total. The maximum absolute atomic E-state index is 14.5. The van der Waals surface area contributed by atoms with Crippen LogP contribution in [0.15, 0.2) is 72.8 Å². The van der Waals surface area contributed by atoms with E-state index in [-0.39, 0.29) is 52.9 Å². The minimum absolute atomic E-state index is 0.00949. The van der Waals surface area contributed by atoms with Crippen LogP contribution in [0.25, 0.3) is 6.08 Å². The van der Waals surface area contributed by atoms with E-state index in [2.05, 4.69) is 17.9 Å². The van der Waals surface area contributed by atoms with Crippen molar-refractivity contribution in [2.75, 3.05) is 7.11 Å². The molecule has 1 aliphatic carbocycles. The third kappa shape index (κ3) is 10.7. The Hall–Kier alpha value is -5.06. The fraction of sp³-hybridized carbons (Fsp3) is 0.281. The Bertz CT molecular complexity index is 1420. The minimum Gasteiger partial charge on any atom is -0.469 e. The molecule has 0 saturated heterocycles. The number of benzene rings is 2. The third-order valence-corrected chi connectivity index (χ3v) is 6.20. The summed E-state index contributed by atoms with van der Waals surface area (Å²) in [6, 6.07) is 9.04. The number of hydrogen-bond acceptors (Lipinski definition) is 10. The van der Waals surface area contributed by atoms with Crippen molar-refractivity contribution >= 4 is 35.9 Å². The first-order valence-electron chi connectivity index (χ1n) is 13.4. The molecule has 0 bridgehead atoms. The summed E-state index contributed by atoms with van der Waals surface area (Å²) >= 11 is 0. The van der Waals surface area contributed by atoms with Crippen molar-refractivity contribution in [3.05, 3.63) is 84.2 Å². The molecule has 1 fully saturated rings. The summed E-state index contributed by atoms with van der Waals surface area (Å²) in [6.07, 6.45) is 6.16. The largest absolute Gasteiger partial charge is 0.469 e. The average molecular weight is 595 g/mol. The van der Waals surface area contributed by atoms with Crippen molar-refractivity contribution in [1.29, 1.82) is 0 Å². The molecule has 43 heavy (non-hydrogen) atoms. The Labute approximate surface area is 247 Å². The molecule has 0 heterocycles. The Morgan fingerprint density at radius 1 is 0.791 bits per heavy atom. The van der Waals surface area contributed by atoms with Crippen LogP contribution in [0.5, 0.6) is 17.2 Å². The number of carbonyl (C=O) groups excluding carboxylic acids is 5. The van der Waals surface area contributed by atoms with Crippen LogP contribution in [0.3, 0.4) is 0 Å². The second kappa shape index (κ2) is 15.8. The zero-order chi connectivity index (χ0) is 31.4. The number of halogens is 1. The van der Waals surface area contributed by atoms with E-state index in [0.29, 0.717) is 0 Å². The van der Waals surface area contributed by atoms with Gasteiger partial charge in [0.15, 0.2) is 0 Å². The van der Waals surface area contributed by atoms with Crippen molar-refractivity contribution in [1.82, 2.24) is 0 Å². The summed E-state index contributed by atoms with van der Waals surface area (Å²) in [6.45, 7) is 7.05. The molecule has 11 heteroatoms. The molecule has 0 spiro atoms. The van der Waals surface area contributed by atoms with Gasteiger partial charge in [-0.05, 0) is 68.2 Å². The van der Waals surface area contributed by atoms with Crippen LogP contribution in [0, 0.1) is 5.82 Å². The van der Waals surface area contributed by atoms with Crippen molar-refractivity contribution in [3.63, 3.8) is 0 Å². The molecule has 0 aliphatic heterocycles. The van der Waals surface area contributed by atoms with E-state index < -0.39 is 35.7 Å². The second-order valence-corrected chi connectivity index (χ2v) is 9.57. The van der Waals surface area contributed by atoms with Gasteiger partial charge in [-0.2, -0.15) is 0 Å². The summed E-state index contributed by atoms with van der Waals surface area (Å²) in [5.41, 5.74) is -0.207. The highest BCUT2D eigenvalue weighted by Crippen LogP contribution is 2.23. The topological polar surface area (TPSA) is 132 Å². The molecule has 1 aliphatic rings. The maximum Gasteiger partial charge on any atom is 0.339 e. The number of esters is 5. The van der Waals surface area contributed by atoms with E-state index in [4.69, 9.17) is 18.9 Å². The van der Waals surface area contributed by atoms with Crippen molar-refractivity contribution < 1.29 is 52.0 Å². The molecule has 0 aromatic heterocycles. The van der Waals surface area contributed by atoms with E-state index in [0.717, 1.165) is 51.4 Å². The number of methoxy groups -OCH3 is 1. The lowest BCUT2D eigenvalue weighted by Crippen LogP contribution is -2.22. The molecule has 1 saturated carbocycles. The van der Waals surface area contributed by atoms with Gasteiger partial charge in [0, 0.05) is 28.9 Å². The number of ether oxygens (including phenoxy) is 5. The first kappa shape index (κ1) is 32.5. The highest BCUT2D eigenvalue weighted by Gasteiger charge is 2.21. The molecule has 10 nitrogen and oxygen atoms in total. The van der Waals surface area contributed by atoms with Crippen LogP contribution in [-0.2, 0) is 33.4 Å². The quantitative estimate of drug-likeness (QED) is 0.184. The monoisotopic (exact) mass is 594 g/mol. The first-order chi connectivity index (χ1) is 20.5. The normalized spacial score (nSPS) is 13.1. The minimum atomic E-state index is -0.919. The molecule has 2 aromatic carbocycles. The molecule has 0 atom stereocenters. The van der Waals surface area contributed by atoms with E-state index in [9.17, 15) is 28.4 Å². The van der Waals surface area contributed by atoms with Gasteiger partial charge < -0.3 is 23.7 Å².